The van der Waals surface area contributed by atoms with Gasteiger partial charge in [-0.25, -0.2) is 18.4 Å². The smallest absolute Gasteiger partial charge is 0.337 e. The molecule has 0 aliphatic rings. The van der Waals surface area contributed by atoms with Gasteiger partial charge in [-0.05, 0) is 18.2 Å². The van der Waals surface area contributed by atoms with E-state index in [-0.39, 0.29) is 5.69 Å². The molecule has 4 N–H and O–H groups in total. The van der Waals surface area contributed by atoms with Crippen LogP contribution in [0, 0.1) is 0 Å². The summed E-state index contributed by atoms with van der Waals surface area (Å²) in [6, 6.07) is 3.34. The molecule has 1 rings (SSSR count). The van der Waals surface area contributed by atoms with Crippen molar-refractivity contribution in [1.82, 2.24) is 0 Å². The number of rotatable bonds is 3. The SMILES string of the molecule is CC(=O)Nc1ccc(C(=O)O)c(S(N)(=O)=O)c1. The van der Waals surface area contributed by atoms with Crippen molar-refractivity contribution >= 4 is 27.6 Å². The van der Waals surface area contributed by atoms with Crippen molar-refractivity contribution in [2.75, 3.05) is 5.32 Å². The van der Waals surface area contributed by atoms with Crippen LogP contribution in [-0.4, -0.2) is 25.4 Å². The van der Waals surface area contributed by atoms with Crippen LogP contribution in [0.25, 0.3) is 0 Å². The third kappa shape index (κ3) is 3.26. The van der Waals surface area contributed by atoms with E-state index in [1.54, 1.807) is 0 Å². The Morgan fingerprint density at radius 1 is 1.35 bits per heavy atom. The average Bonchev–Trinajstić information content (AvgIpc) is 2.14. The maximum Gasteiger partial charge on any atom is 0.337 e. The van der Waals surface area contributed by atoms with Crippen molar-refractivity contribution < 1.29 is 23.1 Å². The molecule has 0 bridgehead atoms. The Bertz CT molecular complexity index is 579. The number of benzene rings is 1. The summed E-state index contributed by atoms with van der Waals surface area (Å²) in [5.74, 6) is -1.82. The second-order valence-corrected chi connectivity index (χ2v) is 4.77. The van der Waals surface area contributed by atoms with Crippen LogP contribution in [0.2, 0.25) is 0 Å². The average molecular weight is 258 g/mol. The number of nitrogens with two attached hydrogens (primary N) is 1. The van der Waals surface area contributed by atoms with Gasteiger partial charge in [-0.2, -0.15) is 0 Å². The predicted octanol–water partition coefficient (Wildman–Crippen LogP) is -0.00940. The summed E-state index contributed by atoms with van der Waals surface area (Å²) in [5.41, 5.74) is -0.284. The molecular weight excluding hydrogens is 248 g/mol. The zero-order chi connectivity index (χ0) is 13.2. The number of anilines is 1. The first-order valence-corrected chi connectivity index (χ1v) is 5.94. The van der Waals surface area contributed by atoms with Crippen LogP contribution < -0.4 is 10.5 Å². The molecule has 0 unspecified atom stereocenters. The van der Waals surface area contributed by atoms with Crippen molar-refractivity contribution in [2.24, 2.45) is 5.14 Å². The van der Waals surface area contributed by atoms with Gasteiger partial charge in [-0.1, -0.05) is 0 Å². The van der Waals surface area contributed by atoms with E-state index in [1.165, 1.54) is 13.0 Å². The number of carboxylic acid groups (broad SMARTS) is 1. The molecule has 0 aliphatic heterocycles. The summed E-state index contributed by atoms with van der Waals surface area (Å²) in [6.45, 7) is 1.24. The third-order valence-electron chi connectivity index (χ3n) is 1.84. The molecule has 92 valence electrons. The van der Waals surface area contributed by atoms with Gasteiger partial charge in [0.15, 0.2) is 0 Å². The minimum Gasteiger partial charge on any atom is -0.478 e. The van der Waals surface area contributed by atoms with Gasteiger partial charge in [-0.15, -0.1) is 0 Å². The van der Waals surface area contributed by atoms with E-state index in [2.05, 4.69) is 5.32 Å². The van der Waals surface area contributed by atoms with Crippen LogP contribution in [0.4, 0.5) is 5.69 Å². The van der Waals surface area contributed by atoms with Crippen molar-refractivity contribution in [2.45, 2.75) is 11.8 Å². The second-order valence-electron chi connectivity index (χ2n) is 3.24. The van der Waals surface area contributed by atoms with E-state index >= 15 is 0 Å². The van der Waals surface area contributed by atoms with Crippen LogP contribution in [0.3, 0.4) is 0 Å². The molecule has 0 fully saturated rings. The molecule has 1 aromatic carbocycles. The van der Waals surface area contributed by atoms with Crippen LogP contribution in [-0.2, 0) is 14.8 Å². The van der Waals surface area contributed by atoms with Gasteiger partial charge in [0.1, 0.15) is 0 Å². The molecule has 0 heterocycles. The third-order valence-corrected chi connectivity index (χ3v) is 2.79. The normalized spacial score (nSPS) is 10.9. The van der Waals surface area contributed by atoms with Crippen LogP contribution in [0.15, 0.2) is 23.1 Å². The standard InChI is InChI=1S/C9H10N2O5S/c1-5(12)11-6-2-3-7(9(13)14)8(4-6)17(10,15)16/h2-4H,1H3,(H,11,12)(H,13,14)(H2,10,15,16). The lowest BCUT2D eigenvalue weighted by atomic mass is 10.2. The zero-order valence-corrected chi connectivity index (χ0v) is 9.61. The minimum absolute atomic E-state index is 0.159. The van der Waals surface area contributed by atoms with Crippen molar-refractivity contribution in [3.63, 3.8) is 0 Å². The van der Waals surface area contributed by atoms with Gasteiger partial charge >= 0.3 is 5.97 Å². The summed E-state index contributed by atoms with van der Waals surface area (Å²) in [6.07, 6.45) is 0. The Labute approximate surface area is 97.3 Å². The van der Waals surface area contributed by atoms with Crippen molar-refractivity contribution in [1.29, 1.82) is 0 Å². The van der Waals surface area contributed by atoms with Gasteiger partial charge in [0, 0.05) is 12.6 Å². The van der Waals surface area contributed by atoms with Gasteiger partial charge in [0.2, 0.25) is 15.9 Å². The van der Waals surface area contributed by atoms with Crippen LogP contribution in [0.1, 0.15) is 17.3 Å². The number of sulfonamides is 1. The number of hydrogen-bond donors (Lipinski definition) is 3. The van der Waals surface area contributed by atoms with E-state index in [0.717, 1.165) is 12.1 Å². The first-order chi connectivity index (χ1) is 7.71. The number of aromatic carboxylic acids is 1. The monoisotopic (exact) mass is 258 g/mol. The lowest BCUT2D eigenvalue weighted by Gasteiger charge is -2.07. The first kappa shape index (κ1) is 13.1. The van der Waals surface area contributed by atoms with Gasteiger partial charge in [-0.3, -0.25) is 4.79 Å². The van der Waals surface area contributed by atoms with Gasteiger partial charge in [0.25, 0.3) is 0 Å². The molecule has 0 atom stereocenters. The van der Waals surface area contributed by atoms with Crippen LogP contribution >= 0.6 is 0 Å². The maximum atomic E-state index is 11.2. The first-order valence-electron chi connectivity index (χ1n) is 4.39. The highest BCUT2D eigenvalue weighted by Crippen LogP contribution is 2.19. The lowest BCUT2D eigenvalue weighted by Crippen LogP contribution is -2.17. The molecule has 0 saturated heterocycles. The molecule has 1 amide bonds. The highest BCUT2D eigenvalue weighted by atomic mass is 32.2. The number of carbonyl (C=O) groups excluding carboxylic acids is 1. The van der Waals surface area contributed by atoms with E-state index < -0.39 is 32.4 Å². The highest BCUT2D eigenvalue weighted by Gasteiger charge is 2.19. The second kappa shape index (κ2) is 4.52. The Kier molecular flexibility index (Phi) is 3.49. The molecule has 7 nitrogen and oxygen atoms in total. The topological polar surface area (TPSA) is 127 Å². The van der Waals surface area contributed by atoms with E-state index in [0.29, 0.717) is 0 Å². The minimum atomic E-state index is -4.17. The van der Waals surface area contributed by atoms with Gasteiger partial charge in [0.05, 0.1) is 10.5 Å². The number of amides is 1. The number of primary sulfonamides is 1. The van der Waals surface area contributed by atoms with E-state index in [9.17, 15) is 18.0 Å². The molecule has 0 spiro atoms. The fraction of sp³-hybridized carbons (Fsp3) is 0.111. The molecule has 0 saturated carbocycles. The summed E-state index contributed by atoms with van der Waals surface area (Å²) in [7, 11) is -4.17. The summed E-state index contributed by atoms with van der Waals surface area (Å²) in [4.78, 5) is 21.0. The van der Waals surface area contributed by atoms with Crippen molar-refractivity contribution in [3.05, 3.63) is 23.8 Å². The number of carboxylic acids is 1. The predicted molar refractivity (Wildman–Crippen MR) is 59.1 cm³/mol. The Balaban J connectivity index is 3.40. The molecule has 17 heavy (non-hydrogen) atoms. The largest absolute Gasteiger partial charge is 0.478 e. The molecular formula is C9H10N2O5S. The molecule has 0 aromatic heterocycles. The van der Waals surface area contributed by atoms with Crippen LogP contribution in [0.5, 0.6) is 0 Å². The maximum absolute atomic E-state index is 11.2. The zero-order valence-electron chi connectivity index (χ0n) is 8.80. The molecule has 0 aliphatic carbocycles. The molecule has 0 radical (unpaired) electrons. The quantitative estimate of drug-likeness (QED) is 0.702. The highest BCUT2D eigenvalue weighted by molar-refractivity contribution is 7.89. The van der Waals surface area contributed by atoms with E-state index in [1.807, 2.05) is 0 Å². The number of carbonyl (C=O) groups is 2. The molecule has 1 aromatic rings. The summed E-state index contributed by atoms with van der Waals surface area (Å²) < 4.78 is 22.4. The summed E-state index contributed by atoms with van der Waals surface area (Å²) >= 11 is 0. The molecule has 8 heteroatoms. The van der Waals surface area contributed by atoms with Crippen molar-refractivity contribution in [3.8, 4) is 0 Å². The van der Waals surface area contributed by atoms with Gasteiger partial charge < -0.3 is 10.4 Å². The fourth-order valence-electron chi connectivity index (χ4n) is 1.22. The number of nitrogens with one attached hydrogen (secondary N) is 1. The Hall–Kier alpha value is -1.93. The lowest BCUT2D eigenvalue weighted by molar-refractivity contribution is -0.114. The number of hydrogen-bond acceptors (Lipinski definition) is 4. The Morgan fingerprint density at radius 2 is 1.94 bits per heavy atom. The Morgan fingerprint density at radius 3 is 2.35 bits per heavy atom. The van der Waals surface area contributed by atoms with E-state index in [4.69, 9.17) is 10.2 Å². The summed E-state index contributed by atoms with van der Waals surface area (Å²) in [5, 5.41) is 16.0. The fourth-order valence-corrected chi connectivity index (χ4v) is 1.97.